The molecule has 2 N–H and O–H groups in total. The number of rotatable bonds is 6. The lowest BCUT2D eigenvalue weighted by Gasteiger charge is -2.22. The monoisotopic (exact) mass is 375 g/mol. The minimum Gasteiger partial charge on any atom is -0.369 e. The molecular weight excluding hydrogens is 346 g/mol. The van der Waals surface area contributed by atoms with Crippen LogP contribution < -0.4 is 5.73 Å². The van der Waals surface area contributed by atoms with Gasteiger partial charge in [-0.2, -0.15) is 0 Å². The van der Waals surface area contributed by atoms with Gasteiger partial charge in [0.05, 0.1) is 6.54 Å². The summed E-state index contributed by atoms with van der Waals surface area (Å²) in [6, 6.07) is 18.3. The zero-order chi connectivity index (χ0) is 19.3. The molecule has 1 aliphatic heterocycles. The summed E-state index contributed by atoms with van der Waals surface area (Å²) in [7, 11) is 0. The van der Waals surface area contributed by atoms with Crippen molar-refractivity contribution >= 4 is 11.9 Å². The molecule has 2 aromatic rings. The summed E-state index contributed by atoms with van der Waals surface area (Å²) in [6.07, 6.45) is 8.55. The van der Waals surface area contributed by atoms with Crippen LogP contribution in [-0.4, -0.2) is 22.8 Å². The number of benzene rings is 2. The Bertz CT molecular complexity index is 823. The maximum Gasteiger partial charge on any atom is 0.254 e. The van der Waals surface area contributed by atoms with Crippen molar-refractivity contribution in [1.29, 1.82) is 0 Å². The van der Waals surface area contributed by atoms with Crippen LogP contribution in [0.2, 0.25) is 0 Å². The first-order valence-electron chi connectivity index (χ1n) is 10.5. The number of carbonyl (C=O) groups is 1. The third kappa shape index (κ3) is 4.27. The lowest BCUT2D eigenvalue weighted by atomic mass is 9.85. The number of hydrogen-bond donors (Lipinski definition) is 1. The first-order chi connectivity index (χ1) is 13.7. The van der Waals surface area contributed by atoms with Crippen LogP contribution in [-0.2, 0) is 11.3 Å². The van der Waals surface area contributed by atoms with Gasteiger partial charge >= 0.3 is 0 Å². The van der Waals surface area contributed by atoms with E-state index in [-0.39, 0.29) is 11.9 Å². The van der Waals surface area contributed by atoms with Gasteiger partial charge < -0.3 is 5.73 Å². The maximum atomic E-state index is 12.8. The first kappa shape index (κ1) is 18.7. The van der Waals surface area contributed by atoms with Crippen molar-refractivity contribution < 1.29 is 4.79 Å². The summed E-state index contributed by atoms with van der Waals surface area (Å²) in [6.45, 7) is 0.489. The van der Waals surface area contributed by atoms with Crippen molar-refractivity contribution in [2.75, 3.05) is 0 Å². The summed E-state index contributed by atoms with van der Waals surface area (Å²) in [5.74, 6) is 1.18. The number of nitrogens with zero attached hydrogens (tertiary/aromatic N) is 2. The van der Waals surface area contributed by atoms with Crippen LogP contribution in [0, 0.1) is 5.92 Å². The minimum atomic E-state index is -0.287. The Morgan fingerprint density at radius 1 is 0.893 bits per heavy atom. The molecule has 2 aliphatic rings. The van der Waals surface area contributed by atoms with Gasteiger partial charge in [0.2, 0.25) is 0 Å². The summed E-state index contributed by atoms with van der Waals surface area (Å²) in [5, 5.41) is 0. The van der Waals surface area contributed by atoms with E-state index in [1.165, 1.54) is 43.2 Å². The van der Waals surface area contributed by atoms with Crippen molar-refractivity contribution in [3.8, 4) is 11.1 Å². The van der Waals surface area contributed by atoms with E-state index < -0.39 is 0 Å². The molecule has 1 amide bonds. The van der Waals surface area contributed by atoms with Crippen LogP contribution in [0.15, 0.2) is 59.6 Å². The Morgan fingerprint density at radius 2 is 1.57 bits per heavy atom. The Balaban J connectivity index is 1.35. The molecule has 28 heavy (non-hydrogen) atoms. The van der Waals surface area contributed by atoms with Crippen molar-refractivity contribution in [1.82, 2.24) is 4.90 Å². The van der Waals surface area contributed by atoms with Gasteiger partial charge in [-0.05, 0) is 35.4 Å². The van der Waals surface area contributed by atoms with Crippen molar-refractivity contribution in [3.63, 3.8) is 0 Å². The molecule has 0 saturated heterocycles. The highest BCUT2D eigenvalue weighted by Gasteiger charge is 2.33. The summed E-state index contributed by atoms with van der Waals surface area (Å²) in [4.78, 5) is 18.9. The molecule has 1 aliphatic carbocycles. The van der Waals surface area contributed by atoms with Gasteiger partial charge in [-0.1, -0.05) is 86.7 Å². The molecule has 1 heterocycles. The van der Waals surface area contributed by atoms with Gasteiger partial charge in [-0.15, -0.1) is 0 Å². The van der Waals surface area contributed by atoms with Crippen LogP contribution in [0.5, 0.6) is 0 Å². The normalized spacial score (nSPS) is 20.4. The molecule has 0 aromatic heterocycles. The fourth-order valence-electron chi connectivity index (χ4n) is 4.41. The smallest absolute Gasteiger partial charge is 0.254 e. The van der Waals surface area contributed by atoms with E-state index in [4.69, 9.17) is 5.73 Å². The average molecular weight is 376 g/mol. The first-order valence-corrected chi connectivity index (χ1v) is 10.5. The molecule has 0 radical (unpaired) electrons. The predicted molar refractivity (Wildman–Crippen MR) is 114 cm³/mol. The highest BCUT2D eigenvalue weighted by Crippen LogP contribution is 2.29. The fraction of sp³-hybridized carbons (Fsp3) is 0.417. The Morgan fingerprint density at radius 3 is 2.29 bits per heavy atom. The molecule has 146 valence electrons. The quantitative estimate of drug-likeness (QED) is 0.793. The molecule has 2 aromatic carbocycles. The number of nitrogens with two attached hydrogens (primary N) is 1. The zero-order valence-electron chi connectivity index (χ0n) is 16.4. The van der Waals surface area contributed by atoms with Crippen molar-refractivity contribution in [3.05, 3.63) is 60.2 Å². The van der Waals surface area contributed by atoms with E-state index in [1.807, 2.05) is 18.2 Å². The number of carbonyl (C=O) groups excluding carboxylic acids is 1. The topological polar surface area (TPSA) is 58.7 Å². The number of hydrogen-bond acceptors (Lipinski definition) is 3. The fourth-order valence-corrected chi connectivity index (χ4v) is 4.41. The lowest BCUT2D eigenvalue weighted by molar-refractivity contribution is -0.128. The third-order valence-corrected chi connectivity index (χ3v) is 6.09. The zero-order valence-corrected chi connectivity index (χ0v) is 16.4. The predicted octanol–water partition coefficient (Wildman–Crippen LogP) is 4.74. The van der Waals surface area contributed by atoms with Crippen LogP contribution >= 0.6 is 0 Å². The van der Waals surface area contributed by atoms with E-state index in [1.54, 1.807) is 4.90 Å². The molecule has 0 bridgehead atoms. The number of guanidine groups is 1. The average Bonchev–Trinajstić information content (AvgIpc) is 3.02. The molecule has 4 heteroatoms. The lowest BCUT2D eigenvalue weighted by Crippen LogP contribution is -2.38. The second-order valence-corrected chi connectivity index (χ2v) is 8.07. The summed E-state index contributed by atoms with van der Waals surface area (Å²) in [5.41, 5.74) is 9.52. The van der Waals surface area contributed by atoms with Crippen molar-refractivity contribution in [2.24, 2.45) is 16.6 Å². The molecule has 4 nitrogen and oxygen atoms in total. The molecule has 0 spiro atoms. The van der Waals surface area contributed by atoms with Gasteiger partial charge in [-0.25, -0.2) is 4.99 Å². The Hall–Kier alpha value is -2.62. The summed E-state index contributed by atoms with van der Waals surface area (Å²) < 4.78 is 0. The number of aliphatic imine (C=N–C) groups is 1. The van der Waals surface area contributed by atoms with Gasteiger partial charge in [0.15, 0.2) is 5.96 Å². The molecule has 1 fully saturated rings. The van der Waals surface area contributed by atoms with Crippen molar-refractivity contribution in [2.45, 2.75) is 57.5 Å². The Kier molecular flexibility index (Phi) is 5.75. The van der Waals surface area contributed by atoms with Gasteiger partial charge in [-0.3, -0.25) is 9.69 Å². The van der Waals surface area contributed by atoms with Crippen LogP contribution in [0.25, 0.3) is 11.1 Å². The standard InChI is InChI=1S/C24H29N3O/c25-24-26-22(16-13-18-7-3-1-4-8-18)23(28)27(24)17-19-11-14-21(15-12-19)20-9-5-2-6-10-20/h2,5-6,9-12,14-15,18,22H,1,3-4,7-8,13,16-17H2,(H2,25,26). The van der Waals surface area contributed by atoms with Crippen LogP contribution in [0.1, 0.15) is 50.5 Å². The van der Waals surface area contributed by atoms with Gasteiger partial charge in [0.25, 0.3) is 5.91 Å². The van der Waals surface area contributed by atoms with Crippen LogP contribution in [0.3, 0.4) is 0 Å². The van der Waals surface area contributed by atoms with E-state index in [0.29, 0.717) is 12.5 Å². The Labute approximate surface area is 167 Å². The van der Waals surface area contributed by atoms with Gasteiger partial charge in [0, 0.05) is 0 Å². The van der Waals surface area contributed by atoms with Gasteiger partial charge in [0.1, 0.15) is 6.04 Å². The highest BCUT2D eigenvalue weighted by molar-refractivity contribution is 6.04. The molecule has 1 saturated carbocycles. The van der Waals surface area contributed by atoms with E-state index >= 15 is 0 Å². The highest BCUT2D eigenvalue weighted by atomic mass is 16.2. The minimum absolute atomic E-state index is 0.0560. The summed E-state index contributed by atoms with van der Waals surface area (Å²) >= 11 is 0. The van der Waals surface area contributed by atoms with E-state index in [9.17, 15) is 4.79 Å². The van der Waals surface area contributed by atoms with E-state index in [0.717, 1.165) is 24.3 Å². The SMILES string of the molecule is NC1=NC(CCC2CCCCC2)C(=O)N1Cc1ccc(-c2ccccc2)cc1. The molecule has 1 unspecified atom stereocenters. The second kappa shape index (κ2) is 8.59. The number of amides is 1. The van der Waals surface area contributed by atoms with Crippen LogP contribution in [0.4, 0.5) is 0 Å². The van der Waals surface area contributed by atoms with E-state index in [2.05, 4.69) is 41.4 Å². The molecular formula is C24H29N3O. The largest absolute Gasteiger partial charge is 0.369 e. The third-order valence-electron chi connectivity index (χ3n) is 6.09. The molecule has 1 atom stereocenters. The molecule has 4 rings (SSSR count). The maximum absolute atomic E-state index is 12.8. The second-order valence-electron chi connectivity index (χ2n) is 8.07.